The van der Waals surface area contributed by atoms with E-state index in [0.29, 0.717) is 11.9 Å². The SMILES string of the molecule is O=C(NCC1CCCC1CCl)c1cc(F)c(F)c(O)c1F. The lowest BCUT2D eigenvalue weighted by atomic mass is 9.98. The van der Waals surface area contributed by atoms with Crippen LogP contribution in [0.4, 0.5) is 13.2 Å². The van der Waals surface area contributed by atoms with Gasteiger partial charge in [0, 0.05) is 12.4 Å². The summed E-state index contributed by atoms with van der Waals surface area (Å²) in [6.45, 7) is 0.287. The Labute approximate surface area is 125 Å². The first-order chi connectivity index (χ1) is 9.95. The third kappa shape index (κ3) is 3.26. The average Bonchev–Trinajstić information content (AvgIpc) is 2.93. The van der Waals surface area contributed by atoms with Crippen molar-refractivity contribution in [1.29, 1.82) is 0 Å². The molecule has 2 rings (SSSR count). The van der Waals surface area contributed by atoms with Crippen LogP contribution in [0.25, 0.3) is 0 Å². The van der Waals surface area contributed by atoms with E-state index in [1.165, 1.54) is 0 Å². The highest BCUT2D eigenvalue weighted by Crippen LogP contribution is 2.32. The monoisotopic (exact) mass is 321 g/mol. The van der Waals surface area contributed by atoms with E-state index in [0.717, 1.165) is 19.3 Å². The van der Waals surface area contributed by atoms with Gasteiger partial charge in [0.2, 0.25) is 5.82 Å². The topological polar surface area (TPSA) is 49.3 Å². The molecule has 1 aliphatic rings. The molecule has 116 valence electrons. The van der Waals surface area contributed by atoms with E-state index >= 15 is 0 Å². The number of rotatable bonds is 4. The summed E-state index contributed by atoms with van der Waals surface area (Å²) in [5.41, 5.74) is -0.716. The Kier molecular flexibility index (Phi) is 4.98. The van der Waals surface area contributed by atoms with Crippen LogP contribution in [0.1, 0.15) is 29.6 Å². The molecule has 1 amide bonds. The molecule has 1 saturated carbocycles. The van der Waals surface area contributed by atoms with Crippen molar-refractivity contribution in [3.8, 4) is 5.75 Å². The largest absolute Gasteiger partial charge is 0.503 e. The standard InChI is InChI=1S/C14H15ClF3NO2/c15-5-7-2-1-3-8(7)6-19-14(21)9-4-10(16)12(18)13(20)11(9)17/h4,7-8,20H,1-3,5-6H2,(H,19,21). The molecule has 7 heteroatoms. The first-order valence-corrected chi connectivity index (χ1v) is 7.19. The minimum absolute atomic E-state index is 0.188. The molecule has 0 aliphatic heterocycles. The van der Waals surface area contributed by atoms with E-state index in [1.54, 1.807) is 0 Å². The van der Waals surface area contributed by atoms with Gasteiger partial charge in [-0.05, 0) is 30.7 Å². The van der Waals surface area contributed by atoms with Gasteiger partial charge in [-0.15, -0.1) is 11.6 Å². The lowest BCUT2D eigenvalue weighted by molar-refractivity contribution is 0.0939. The van der Waals surface area contributed by atoms with Gasteiger partial charge < -0.3 is 10.4 Å². The lowest BCUT2D eigenvalue weighted by Crippen LogP contribution is -2.32. The number of hydrogen-bond donors (Lipinski definition) is 2. The van der Waals surface area contributed by atoms with Gasteiger partial charge in [0.05, 0.1) is 5.56 Å². The second-order valence-electron chi connectivity index (χ2n) is 5.20. The summed E-state index contributed by atoms with van der Waals surface area (Å²) in [6.07, 6.45) is 2.89. The third-order valence-electron chi connectivity index (χ3n) is 3.92. The van der Waals surface area contributed by atoms with Crippen LogP contribution in [0.2, 0.25) is 0 Å². The van der Waals surface area contributed by atoms with Crippen LogP contribution in [0, 0.1) is 29.3 Å². The molecule has 0 bridgehead atoms. The van der Waals surface area contributed by atoms with Gasteiger partial charge in [-0.1, -0.05) is 6.42 Å². The summed E-state index contributed by atoms with van der Waals surface area (Å²) in [4.78, 5) is 11.8. The number of phenolic OH excluding ortho intramolecular Hbond substituents is 1. The first kappa shape index (κ1) is 15.9. The molecule has 1 fully saturated rings. The van der Waals surface area contributed by atoms with Gasteiger partial charge in [-0.3, -0.25) is 4.79 Å². The summed E-state index contributed by atoms with van der Waals surface area (Å²) in [5, 5.41) is 11.6. The summed E-state index contributed by atoms with van der Waals surface area (Å²) in [6, 6.07) is 0.438. The van der Waals surface area contributed by atoms with Crippen molar-refractivity contribution in [3.05, 3.63) is 29.1 Å². The lowest BCUT2D eigenvalue weighted by Gasteiger charge is -2.17. The van der Waals surface area contributed by atoms with Crippen LogP contribution in [0.3, 0.4) is 0 Å². The van der Waals surface area contributed by atoms with E-state index in [1.807, 2.05) is 0 Å². The van der Waals surface area contributed by atoms with Crippen LogP contribution >= 0.6 is 11.6 Å². The van der Waals surface area contributed by atoms with Gasteiger partial charge in [0.25, 0.3) is 5.91 Å². The molecule has 3 nitrogen and oxygen atoms in total. The molecule has 0 heterocycles. The molecular formula is C14H15ClF3NO2. The number of carbonyl (C=O) groups excluding carboxylic acids is 1. The molecule has 2 unspecified atom stereocenters. The Bertz CT molecular complexity index is 554. The zero-order chi connectivity index (χ0) is 15.6. The van der Waals surface area contributed by atoms with Crippen LogP contribution in [-0.2, 0) is 0 Å². The number of hydrogen-bond acceptors (Lipinski definition) is 2. The fourth-order valence-corrected chi connectivity index (χ4v) is 3.07. The van der Waals surface area contributed by atoms with Crippen molar-refractivity contribution < 1.29 is 23.1 Å². The van der Waals surface area contributed by atoms with Gasteiger partial charge in [-0.25, -0.2) is 8.78 Å². The number of halogens is 4. The van der Waals surface area contributed by atoms with Crippen molar-refractivity contribution in [2.75, 3.05) is 12.4 Å². The number of nitrogens with one attached hydrogen (secondary N) is 1. The quantitative estimate of drug-likeness (QED) is 0.661. The maximum absolute atomic E-state index is 13.6. The van der Waals surface area contributed by atoms with Crippen LogP contribution < -0.4 is 5.32 Å². The zero-order valence-electron chi connectivity index (χ0n) is 11.1. The van der Waals surface area contributed by atoms with Gasteiger partial charge >= 0.3 is 0 Å². The number of benzene rings is 1. The highest BCUT2D eigenvalue weighted by molar-refractivity contribution is 6.18. The van der Waals surface area contributed by atoms with E-state index in [4.69, 9.17) is 16.7 Å². The molecule has 1 aromatic carbocycles. The van der Waals surface area contributed by atoms with Crippen LogP contribution in [-0.4, -0.2) is 23.4 Å². The molecule has 0 radical (unpaired) electrons. The number of carbonyl (C=O) groups is 1. The third-order valence-corrected chi connectivity index (χ3v) is 4.31. The maximum atomic E-state index is 13.6. The van der Waals surface area contributed by atoms with Crippen molar-refractivity contribution >= 4 is 17.5 Å². The van der Waals surface area contributed by atoms with E-state index in [-0.39, 0.29) is 18.4 Å². The Morgan fingerprint density at radius 3 is 2.62 bits per heavy atom. The van der Waals surface area contributed by atoms with E-state index in [2.05, 4.69) is 5.32 Å². The molecular weight excluding hydrogens is 307 g/mol. The minimum atomic E-state index is -1.71. The number of phenols is 1. The molecule has 1 aliphatic carbocycles. The normalized spacial score (nSPS) is 21.5. The van der Waals surface area contributed by atoms with Crippen LogP contribution in [0.5, 0.6) is 5.75 Å². The second kappa shape index (κ2) is 6.56. The fourth-order valence-electron chi connectivity index (χ4n) is 2.66. The smallest absolute Gasteiger partial charge is 0.254 e. The molecule has 0 aromatic heterocycles. The Balaban J connectivity index is 2.07. The number of aromatic hydroxyl groups is 1. The molecule has 0 spiro atoms. The predicted molar refractivity (Wildman–Crippen MR) is 71.9 cm³/mol. The summed E-state index contributed by atoms with van der Waals surface area (Å²) < 4.78 is 39.7. The first-order valence-electron chi connectivity index (χ1n) is 6.66. The van der Waals surface area contributed by atoms with E-state index < -0.39 is 34.7 Å². The minimum Gasteiger partial charge on any atom is -0.503 e. The predicted octanol–water partition coefficient (Wildman–Crippen LogP) is 3.19. The highest BCUT2D eigenvalue weighted by Gasteiger charge is 2.28. The Morgan fingerprint density at radius 1 is 1.29 bits per heavy atom. The average molecular weight is 322 g/mol. The van der Waals surface area contributed by atoms with Crippen LogP contribution in [0.15, 0.2) is 6.07 Å². The Hall–Kier alpha value is -1.43. The summed E-state index contributed by atoms with van der Waals surface area (Å²) in [7, 11) is 0. The molecule has 2 atom stereocenters. The number of alkyl halides is 1. The van der Waals surface area contributed by atoms with Gasteiger partial charge in [0.15, 0.2) is 17.4 Å². The van der Waals surface area contributed by atoms with Gasteiger partial charge in [0.1, 0.15) is 0 Å². The maximum Gasteiger partial charge on any atom is 0.254 e. The summed E-state index contributed by atoms with van der Waals surface area (Å²) in [5.74, 6) is -6.06. The van der Waals surface area contributed by atoms with Crippen molar-refractivity contribution in [3.63, 3.8) is 0 Å². The Morgan fingerprint density at radius 2 is 1.95 bits per heavy atom. The van der Waals surface area contributed by atoms with Gasteiger partial charge in [-0.2, -0.15) is 4.39 Å². The summed E-state index contributed by atoms with van der Waals surface area (Å²) >= 11 is 5.82. The highest BCUT2D eigenvalue weighted by atomic mass is 35.5. The molecule has 2 N–H and O–H groups in total. The molecule has 1 aromatic rings. The van der Waals surface area contributed by atoms with Crippen molar-refractivity contribution in [1.82, 2.24) is 5.32 Å². The van der Waals surface area contributed by atoms with Crippen molar-refractivity contribution in [2.45, 2.75) is 19.3 Å². The number of amides is 1. The van der Waals surface area contributed by atoms with Crippen molar-refractivity contribution in [2.24, 2.45) is 11.8 Å². The van der Waals surface area contributed by atoms with E-state index in [9.17, 15) is 18.0 Å². The second-order valence-corrected chi connectivity index (χ2v) is 5.51. The molecule has 0 saturated heterocycles. The molecule has 21 heavy (non-hydrogen) atoms. The zero-order valence-corrected chi connectivity index (χ0v) is 11.9. The fraction of sp³-hybridized carbons (Fsp3) is 0.500.